The Hall–Kier alpha value is -2.52. The zero-order valence-corrected chi connectivity index (χ0v) is 13.0. The van der Waals surface area contributed by atoms with Crippen LogP contribution in [0.25, 0.3) is 10.6 Å². The van der Waals surface area contributed by atoms with E-state index in [1.165, 1.54) is 29.7 Å². The van der Waals surface area contributed by atoms with Gasteiger partial charge in [0.05, 0.1) is 22.9 Å². The standard InChI is InChI=1S/C13H10N4O3S2/c1-14-13-16(10(8-22-13)11-3-2-6-21-11)15-7-9-4-5-12(20-9)17(18)19/h2-8H,1H3/b14-13?,15-7-. The van der Waals surface area contributed by atoms with E-state index in [0.29, 0.717) is 5.76 Å². The van der Waals surface area contributed by atoms with Crippen LogP contribution in [0.3, 0.4) is 0 Å². The zero-order chi connectivity index (χ0) is 15.5. The Balaban J connectivity index is 1.99. The summed E-state index contributed by atoms with van der Waals surface area (Å²) in [5.74, 6) is 0.000217. The third-order valence-electron chi connectivity index (χ3n) is 2.74. The van der Waals surface area contributed by atoms with Crippen molar-refractivity contribution >= 4 is 34.8 Å². The second-order valence-corrected chi connectivity index (χ2v) is 5.88. The van der Waals surface area contributed by atoms with Gasteiger partial charge < -0.3 is 4.42 Å². The van der Waals surface area contributed by atoms with E-state index in [4.69, 9.17) is 4.42 Å². The van der Waals surface area contributed by atoms with Gasteiger partial charge in [-0.05, 0) is 17.5 Å². The number of aromatic nitrogens is 1. The average Bonchev–Trinajstić information content (AvgIpc) is 3.24. The maximum absolute atomic E-state index is 10.6. The quantitative estimate of drug-likeness (QED) is 0.417. The molecular weight excluding hydrogens is 324 g/mol. The lowest BCUT2D eigenvalue weighted by molar-refractivity contribution is -0.402. The predicted molar refractivity (Wildman–Crippen MR) is 85.5 cm³/mol. The van der Waals surface area contributed by atoms with Crippen LogP contribution in [0, 0.1) is 10.1 Å². The fraction of sp³-hybridized carbons (Fsp3) is 0.0769. The fourth-order valence-electron chi connectivity index (χ4n) is 1.78. The molecule has 0 aliphatic rings. The lowest BCUT2D eigenvalue weighted by atomic mass is 10.4. The maximum atomic E-state index is 10.6. The first kappa shape index (κ1) is 14.4. The first-order chi connectivity index (χ1) is 10.7. The monoisotopic (exact) mass is 334 g/mol. The van der Waals surface area contributed by atoms with E-state index in [9.17, 15) is 10.1 Å². The lowest BCUT2D eigenvalue weighted by Crippen LogP contribution is -2.11. The van der Waals surface area contributed by atoms with Crippen LogP contribution in [0.15, 0.2) is 49.5 Å². The SMILES string of the molecule is CN=c1scc(-c2cccs2)n1/N=C\c1ccc([N+](=O)[O-])o1. The Morgan fingerprint density at radius 1 is 1.36 bits per heavy atom. The topological polar surface area (TPSA) is 85.9 Å². The van der Waals surface area contributed by atoms with Crippen LogP contribution in [0.2, 0.25) is 0 Å². The molecular formula is C13H10N4O3S2. The normalized spacial score (nSPS) is 12.3. The third kappa shape index (κ3) is 2.76. The van der Waals surface area contributed by atoms with Crippen molar-refractivity contribution in [2.24, 2.45) is 10.1 Å². The highest BCUT2D eigenvalue weighted by Gasteiger charge is 2.11. The number of nitrogens with zero attached hydrogens (tertiary/aromatic N) is 4. The van der Waals surface area contributed by atoms with Gasteiger partial charge in [0.1, 0.15) is 4.92 Å². The smallest absolute Gasteiger partial charge is 0.400 e. The summed E-state index contributed by atoms with van der Waals surface area (Å²) in [6.07, 6.45) is 1.44. The molecule has 0 aliphatic carbocycles. The van der Waals surface area contributed by atoms with Gasteiger partial charge in [-0.2, -0.15) is 5.10 Å². The fourth-order valence-corrected chi connectivity index (χ4v) is 3.38. The first-order valence-corrected chi connectivity index (χ1v) is 7.91. The predicted octanol–water partition coefficient (Wildman–Crippen LogP) is 3.19. The van der Waals surface area contributed by atoms with Gasteiger partial charge in [-0.3, -0.25) is 15.1 Å². The molecule has 0 aliphatic heterocycles. The lowest BCUT2D eigenvalue weighted by Gasteiger charge is -1.99. The van der Waals surface area contributed by atoms with Gasteiger partial charge in [-0.15, -0.1) is 22.7 Å². The van der Waals surface area contributed by atoms with Gasteiger partial charge in [0.15, 0.2) is 5.76 Å². The molecule has 0 spiro atoms. The molecule has 0 bridgehead atoms. The van der Waals surface area contributed by atoms with Crippen molar-refractivity contribution < 1.29 is 9.34 Å². The number of thiazole rings is 1. The Labute approximate surface area is 132 Å². The summed E-state index contributed by atoms with van der Waals surface area (Å²) in [5.41, 5.74) is 0.915. The second kappa shape index (κ2) is 6.08. The first-order valence-electron chi connectivity index (χ1n) is 6.15. The van der Waals surface area contributed by atoms with E-state index in [1.807, 2.05) is 22.9 Å². The van der Waals surface area contributed by atoms with Crippen LogP contribution in [0.1, 0.15) is 5.76 Å². The Morgan fingerprint density at radius 3 is 2.86 bits per heavy atom. The van der Waals surface area contributed by atoms with Crippen LogP contribution < -0.4 is 4.80 Å². The Kier molecular flexibility index (Phi) is 3.98. The molecule has 0 N–H and O–H groups in total. The van der Waals surface area contributed by atoms with Crippen molar-refractivity contribution in [3.8, 4) is 10.6 Å². The molecule has 3 rings (SSSR count). The maximum Gasteiger partial charge on any atom is 0.433 e. The van der Waals surface area contributed by atoms with E-state index in [-0.39, 0.29) is 5.88 Å². The highest BCUT2D eigenvalue weighted by molar-refractivity contribution is 7.14. The molecule has 0 unspecified atom stereocenters. The minimum Gasteiger partial charge on any atom is -0.400 e. The number of thiophene rings is 1. The van der Waals surface area contributed by atoms with Crippen LogP contribution in [0.4, 0.5) is 5.88 Å². The minimum atomic E-state index is -0.584. The molecule has 0 saturated heterocycles. The van der Waals surface area contributed by atoms with E-state index < -0.39 is 4.92 Å². The van der Waals surface area contributed by atoms with Gasteiger partial charge in [-0.25, -0.2) is 4.68 Å². The second-order valence-electron chi connectivity index (χ2n) is 4.09. The summed E-state index contributed by atoms with van der Waals surface area (Å²) in [6, 6.07) is 6.76. The average molecular weight is 334 g/mol. The molecule has 0 fully saturated rings. The van der Waals surface area contributed by atoms with Crippen LogP contribution in [-0.4, -0.2) is 22.9 Å². The van der Waals surface area contributed by atoms with E-state index >= 15 is 0 Å². The molecule has 0 atom stereocenters. The molecule has 3 aromatic rings. The molecule has 3 heterocycles. The zero-order valence-electron chi connectivity index (χ0n) is 11.4. The van der Waals surface area contributed by atoms with Crippen molar-refractivity contribution in [1.29, 1.82) is 0 Å². The summed E-state index contributed by atoms with van der Waals surface area (Å²) >= 11 is 3.07. The van der Waals surface area contributed by atoms with E-state index in [2.05, 4.69) is 10.1 Å². The van der Waals surface area contributed by atoms with Gasteiger partial charge in [0.25, 0.3) is 0 Å². The molecule has 0 saturated carbocycles. The number of nitro groups is 1. The summed E-state index contributed by atoms with van der Waals surface area (Å²) < 4.78 is 6.75. The van der Waals surface area contributed by atoms with Crippen molar-refractivity contribution in [3.05, 3.63) is 55.7 Å². The number of furan rings is 1. The molecule has 0 amide bonds. The van der Waals surface area contributed by atoms with Gasteiger partial charge >= 0.3 is 5.88 Å². The van der Waals surface area contributed by atoms with Crippen LogP contribution in [-0.2, 0) is 0 Å². The van der Waals surface area contributed by atoms with Crippen molar-refractivity contribution in [3.63, 3.8) is 0 Å². The van der Waals surface area contributed by atoms with Gasteiger partial charge in [-0.1, -0.05) is 6.07 Å². The van der Waals surface area contributed by atoms with Crippen LogP contribution in [0.5, 0.6) is 0 Å². The third-order valence-corrected chi connectivity index (χ3v) is 4.54. The summed E-state index contributed by atoms with van der Waals surface area (Å²) in [4.78, 5) is 16.0. The van der Waals surface area contributed by atoms with Crippen molar-refractivity contribution in [1.82, 2.24) is 4.68 Å². The largest absolute Gasteiger partial charge is 0.433 e. The number of hydrogen-bond donors (Lipinski definition) is 0. The van der Waals surface area contributed by atoms with Crippen molar-refractivity contribution in [2.45, 2.75) is 0 Å². The highest BCUT2D eigenvalue weighted by atomic mass is 32.1. The summed E-state index contributed by atoms with van der Waals surface area (Å²) in [5, 5.41) is 18.9. The van der Waals surface area contributed by atoms with Gasteiger partial charge in [0, 0.05) is 12.4 Å². The Bertz CT molecular complexity index is 887. The minimum absolute atomic E-state index is 0.310. The molecule has 112 valence electrons. The van der Waals surface area contributed by atoms with E-state index in [0.717, 1.165) is 15.4 Å². The van der Waals surface area contributed by atoms with Crippen molar-refractivity contribution in [2.75, 3.05) is 7.05 Å². The number of rotatable bonds is 4. The number of hydrogen-bond acceptors (Lipinski definition) is 7. The molecule has 7 nitrogen and oxygen atoms in total. The van der Waals surface area contributed by atoms with Crippen LogP contribution >= 0.6 is 22.7 Å². The molecule has 22 heavy (non-hydrogen) atoms. The highest BCUT2D eigenvalue weighted by Crippen LogP contribution is 2.25. The van der Waals surface area contributed by atoms with Gasteiger partial charge in [0.2, 0.25) is 4.80 Å². The summed E-state index contributed by atoms with van der Waals surface area (Å²) in [7, 11) is 1.69. The molecule has 9 heteroatoms. The summed E-state index contributed by atoms with van der Waals surface area (Å²) in [6.45, 7) is 0. The molecule has 0 aromatic carbocycles. The molecule has 3 aromatic heterocycles. The Morgan fingerprint density at radius 2 is 2.23 bits per heavy atom. The van der Waals surface area contributed by atoms with E-state index in [1.54, 1.807) is 23.1 Å². The molecule has 0 radical (unpaired) electrons.